The second-order valence-electron chi connectivity index (χ2n) is 5.89. The Morgan fingerprint density at radius 1 is 1.32 bits per heavy atom. The molecule has 0 unspecified atom stereocenters. The van der Waals surface area contributed by atoms with Gasteiger partial charge in [-0.3, -0.25) is 4.57 Å². The molecule has 0 atom stereocenters. The highest BCUT2D eigenvalue weighted by atomic mass is 31.2. The number of hydrogen-bond donors (Lipinski definition) is 3. The molecule has 0 fully saturated rings. The Morgan fingerprint density at radius 3 is 2.21 bits per heavy atom. The van der Waals surface area contributed by atoms with Crippen LogP contribution in [0, 0.1) is 0 Å². The summed E-state index contributed by atoms with van der Waals surface area (Å²) in [5, 5.41) is 10.3. The fourth-order valence-corrected chi connectivity index (χ4v) is 2.58. The Morgan fingerprint density at radius 2 is 1.84 bits per heavy atom. The van der Waals surface area contributed by atoms with Crippen LogP contribution in [0.25, 0.3) is 5.57 Å². The molecular formula is C14H21O4P. The summed E-state index contributed by atoms with van der Waals surface area (Å²) in [4.78, 5) is 18.2. The molecule has 0 heterocycles. The molecule has 1 aromatic carbocycles. The first-order chi connectivity index (χ1) is 8.42. The van der Waals surface area contributed by atoms with Gasteiger partial charge in [0.25, 0.3) is 0 Å². The van der Waals surface area contributed by atoms with Crippen LogP contribution in [0.3, 0.4) is 0 Å². The average Bonchev–Trinajstić information content (AvgIpc) is 2.16. The molecule has 0 saturated heterocycles. The summed E-state index contributed by atoms with van der Waals surface area (Å²) < 4.78 is 11.1. The molecule has 1 aromatic rings. The molecule has 0 spiro atoms. The van der Waals surface area contributed by atoms with Crippen molar-refractivity contribution in [3.05, 3.63) is 35.4 Å². The summed E-state index contributed by atoms with van der Waals surface area (Å²) in [6.45, 7) is 11.4. The summed E-state index contributed by atoms with van der Waals surface area (Å²) in [7, 11) is -4.14. The molecule has 0 aliphatic carbocycles. The predicted octanol–water partition coefficient (Wildman–Crippen LogP) is 3.40. The molecule has 0 saturated carbocycles. The van der Waals surface area contributed by atoms with E-state index in [1.807, 2.05) is 20.8 Å². The molecule has 0 aliphatic heterocycles. The normalized spacial score (nSPS) is 12.5. The third kappa shape index (κ3) is 4.20. The molecular weight excluding hydrogens is 263 g/mol. The fourth-order valence-electron chi connectivity index (χ4n) is 1.92. The molecule has 106 valence electrons. The lowest BCUT2D eigenvalue weighted by atomic mass is 9.83. The molecule has 19 heavy (non-hydrogen) atoms. The van der Waals surface area contributed by atoms with Crippen molar-refractivity contribution in [1.82, 2.24) is 0 Å². The smallest absolute Gasteiger partial charge is 0.329 e. The molecule has 0 bridgehead atoms. The van der Waals surface area contributed by atoms with E-state index in [0.29, 0.717) is 22.3 Å². The first kappa shape index (κ1) is 16.0. The lowest BCUT2D eigenvalue weighted by Gasteiger charge is -2.23. The zero-order valence-electron chi connectivity index (χ0n) is 11.8. The van der Waals surface area contributed by atoms with E-state index < -0.39 is 7.60 Å². The average molecular weight is 284 g/mol. The standard InChI is InChI=1S/C14H21O4P/c1-9(2)11-6-10(8-19(16,17)18)7-12(13(11)15)14(3,4)5/h6-7,15H,1,8H2,2-5H3,(H2,16,17,18). The van der Waals surface area contributed by atoms with Crippen molar-refractivity contribution in [2.24, 2.45) is 0 Å². The minimum atomic E-state index is -4.14. The van der Waals surface area contributed by atoms with Gasteiger partial charge in [-0.15, -0.1) is 0 Å². The van der Waals surface area contributed by atoms with Crippen molar-refractivity contribution >= 4 is 13.2 Å². The molecule has 0 amide bonds. The topological polar surface area (TPSA) is 77.8 Å². The molecule has 0 aromatic heterocycles. The third-order valence-corrected chi connectivity index (χ3v) is 3.60. The van der Waals surface area contributed by atoms with E-state index in [4.69, 9.17) is 9.79 Å². The van der Waals surface area contributed by atoms with E-state index in [1.54, 1.807) is 19.1 Å². The van der Waals surface area contributed by atoms with Crippen molar-refractivity contribution in [3.63, 3.8) is 0 Å². The summed E-state index contributed by atoms with van der Waals surface area (Å²) in [5.74, 6) is 0.134. The minimum Gasteiger partial charge on any atom is -0.507 e. The highest BCUT2D eigenvalue weighted by Crippen LogP contribution is 2.43. The predicted molar refractivity (Wildman–Crippen MR) is 77.3 cm³/mol. The van der Waals surface area contributed by atoms with Crippen molar-refractivity contribution in [1.29, 1.82) is 0 Å². The number of allylic oxidation sites excluding steroid dienone is 1. The van der Waals surface area contributed by atoms with Gasteiger partial charge in [0.15, 0.2) is 0 Å². The second-order valence-corrected chi connectivity index (χ2v) is 7.54. The van der Waals surface area contributed by atoms with Crippen LogP contribution in [0.5, 0.6) is 5.75 Å². The Kier molecular flexibility index (Phi) is 4.30. The fraction of sp³-hybridized carbons (Fsp3) is 0.429. The third-order valence-electron chi connectivity index (χ3n) is 2.83. The molecule has 5 heteroatoms. The van der Waals surface area contributed by atoms with Crippen LogP contribution in [0.2, 0.25) is 0 Å². The minimum absolute atomic E-state index is 0.134. The van der Waals surface area contributed by atoms with Crippen LogP contribution in [0.4, 0.5) is 0 Å². The zero-order valence-corrected chi connectivity index (χ0v) is 12.7. The van der Waals surface area contributed by atoms with Gasteiger partial charge in [0.1, 0.15) is 5.75 Å². The van der Waals surface area contributed by atoms with Crippen molar-refractivity contribution < 1.29 is 19.5 Å². The SMILES string of the molecule is C=C(C)c1cc(CP(=O)(O)O)cc(C(C)(C)C)c1O. The van der Waals surface area contributed by atoms with E-state index in [0.717, 1.165) is 0 Å². The van der Waals surface area contributed by atoms with Crippen LogP contribution in [-0.2, 0) is 16.1 Å². The van der Waals surface area contributed by atoms with Gasteiger partial charge < -0.3 is 14.9 Å². The van der Waals surface area contributed by atoms with E-state index in [2.05, 4.69) is 6.58 Å². The maximum atomic E-state index is 11.1. The summed E-state index contributed by atoms with van der Waals surface area (Å²) in [6.07, 6.45) is -0.337. The van der Waals surface area contributed by atoms with E-state index >= 15 is 0 Å². The quantitative estimate of drug-likeness (QED) is 0.743. The van der Waals surface area contributed by atoms with Crippen molar-refractivity contribution in [2.75, 3.05) is 0 Å². The maximum Gasteiger partial charge on any atom is 0.329 e. The number of aromatic hydroxyl groups is 1. The van der Waals surface area contributed by atoms with E-state index in [1.165, 1.54) is 0 Å². The van der Waals surface area contributed by atoms with E-state index in [9.17, 15) is 9.67 Å². The van der Waals surface area contributed by atoms with Gasteiger partial charge >= 0.3 is 7.60 Å². The van der Waals surface area contributed by atoms with Crippen LogP contribution >= 0.6 is 7.60 Å². The number of rotatable bonds is 3. The summed E-state index contributed by atoms with van der Waals surface area (Å²) in [6, 6.07) is 3.24. The lowest BCUT2D eigenvalue weighted by molar-refractivity contribution is 0.371. The Bertz CT molecular complexity index is 549. The van der Waals surface area contributed by atoms with Crippen molar-refractivity contribution in [2.45, 2.75) is 39.3 Å². The summed E-state index contributed by atoms with van der Waals surface area (Å²) in [5.41, 5.74) is 2.05. The van der Waals surface area contributed by atoms with Gasteiger partial charge in [-0.2, -0.15) is 0 Å². The number of phenolic OH excluding ortho intramolecular Hbond substituents is 1. The van der Waals surface area contributed by atoms with Crippen molar-refractivity contribution in [3.8, 4) is 5.75 Å². The summed E-state index contributed by atoms with van der Waals surface area (Å²) >= 11 is 0. The van der Waals surface area contributed by atoms with Gasteiger partial charge in [0, 0.05) is 11.1 Å². The van der Waals surface area contributed by atoms with Crippen LogP contribution in [0.15, 0.2) is 18.7 Å². The Labute approximate surface area is 114 Å². The van der Waals surface area contributed by atoms with Crippen LogP contribution < -0.4 is 0 Å². The molecule has 1 rings (SSSR count). The van der Waals surface area contributed by atoms with Gasteiger partial charge in [-0.1, -0.05) is 33.4 Å². The van der Waals surface area contributed by atoms with Gasteiger partial charge in [-0.25, -0.2) is 0 Å². The highest BCUT2D eigenvalue weighted by molar-refractivity contribution is 7.50. The molecule has 0 aliphatic rings. The first-order valence-electron chi connectivity index (χ1n) is 5.98. The van der Waals surface area contributed by atoms with Gasteiger partial charge in [0.05, 0.1) is 6.16 Å². The zero-order chi connectivity index (χ0) is 15.0. The van der Waals surface area contributed by atoms with Crippen LogP contribution in [-0.4, -0.2) is 14.9 Å². The lowest BCUT2D eigenvalue weighted by Crippen LogP contribution is -2.12. The second kappa shape index (κ2) is 5.12. The van der Waals surface area contributed by atoms with Crippen LogP contribution in [0.1, 0.15) is 44.4 Å². The number of benzene rings is 1. The number of hydrogen-bond acceptors (Lipinski definition) is 2. The van der Waals surface area contributed by atoms with Gasteiger partial charge in [0.2, 0.25) is 0 Å². The first-order valence-corrected chi connectivity index (χ1v) is 7.78. The number of phenols is 1. The highest BCUT2D eigenvalue weighted by Gasteiger charge is 2.23. The molecule has 4 nitrogen and oxygen atoms in total. The van der Waals surface area contributed by atoms with Gasteiger partial charge in [-0.05, 0) is 29.5 Å². The Hall–Kier alpha value is -1.09. The molecule has 3 N–H and O–H groups in total. The largest absolute Gasteiger partial charge is 0.507 e. The monoisotopic (exact) mass is 284 g/mol. The maximum absolute atomic E-state index is 11.1. The molecule has 0 radical (unpaired) electrons. The van der Waals surface area contributed by atoms with E-state index in [-0.39, 0.29) is 17.3 Å². The Balaban J connectivity index is 3.49.